The zero-order chi connectivity index (χ0) is 19.7. The Labute approximate surface area is 166 Å². The number of hydrogen-bond donors (Lipinski definition) is 1. The normalized spacial score (nSPS) is 22.0. The molecule has 1 amide bonds. The fraction of sp³-hybridized carbons (Fsp3) is 0.381. The largest absolute Gasteiger partial charge is 0.331 e. The smallest absolute Gasteiger partial charge is 0.264 e. The van der Waals surface area contributed by atoms with Crippen LogP contribution in [0.4, 0.5) is 5.69 Å². The molecule has 0 aliphatic carbocycles. The number of carbonyl (C=O) groups excluding carboxylic acids is 1. The van der Waals surface area contributed by atoms with Gasteiger partial charge in [-0.2, -0.15) is 0 Å². The van der Waals surface area contributed by atoms with E-state index in [0.29, 0.717) is 11.3 Å². The first-order chi connectivity index (χ1) is 13.5. The van der Waals surface area contributed by atoms with Gasteiger partial charge in [0.05, 0.1) is 10.6 Å². The van der Waals surface area contributed by atoms with Gasteiger partial charge in [0.25, 0.3) is 15.9 Å². The Kier molecular flexibility index (Phi) is 5.12. The summed E-state index contributed by atoms with van der Waals surface area (Å²) in [5, 5.41) is 3.39. The summed E-state index contributed by atoms with van der Waals surface area (Å²) in [6.07, 6.45) is 2.96. The lowest BCUT2D eigenvalue weighted by Crippen LogP contribution is -2.42. The Morgan fingerprint density at radius 2 is 1.79 bits per heavy atom. The summed E-state index contributed by atoms with van der Waals surface area (Å²) in [6, 6.07) is 15.8. The zero-order valence-corrected chi connectivity index (χ0v) is 16.7. The highest BCUT2D eigenvalue weighted by Crippen LogP contribution is 2.30. The predicted octanol–water partition coefficient (Wildman–Crippen LogP) is 2.48. The molecule has 2 saturated heterocycles. The van der Waals surface area contributed by atoms with E-state index in [1.54, 1.807) is 42.5 Å². The van der Waals surface area contributed by atoms with Gasteiger partial charge in [-0.25, -0.2) is 8.42 Å². The lowest BCUT2D eigenvalue weighted by molar-refractivity contribution is 0.0680. The summed E-state index contributed by atoms with van der Waals surface area (Å²) in [5.41, 5.74) is 1.01. The fourth-order valence-electron chi connectivity index (χ4n) is 4.19. The molecule has 2 aliphatic heterocycles. The number of carbonyl (C=O) groups is 1. The van der Waals surface area contributed by atoms with Gasteiger partial charge >= 0.3 is 0 Å². The third kappa shape index (κ3) is 3.40. The van der Waals surface area contributed by atoms with E-state index in [4.69, 9.17) is 0 Å². The van der Waals surface area contributed by atoms with E-state index < -0.39 is 10.0 Å². The maximum Gasteiger partial charge on any atom is 0.264 e. The van der Waals surface area contributed by atoms with Crippen LogP contribution in [0.25, 0.3) is 0 Å². The van der Waals surface area contributed by atoms with Gasteiger partial charge in [-0.3, -0.25) is 9.10 Å². The molecule has 2 fully saturated rings. The Morgan fingerprint density at radius 1 is 1.04 bits per heavy atom. The minimum atomic E-state index is -3.75. The van der Waals surface area contributed by atoms with Crippen LogP contribution in [0.2, 0.25) is 0 Å². The molecule has 6 nitrogen and oxygen atoms in total. The SMILES string of the molecule is CN(c1ccccc1)S(=O)(=O)c1cccc(C(=O)N2C3CCNCC2CC3)c1. The molecule has 2 aromatic rings. The van der Waals surface area contributed by atoms with Gasteiger partial charge in [0.15, 0.2) is 0 Å². The number of anilines is 1. The molecule has 4 rings (SSSR count). The number of benzene rings is 2. The number of sulfonamides is 1. The van der Waals surface area contributed by atoms with Crippen LogP contribution in [0.1, 0.15) is 29.6 Å². The second kappa shape index (κ2) is 7.56. The van der Waals surface area contributed by atoms with Crippen molar-refractivity contribution in [2.45, 2.75) is 36.2 Å². The van der Waals surface area contributed by atoms with Gasteiger partial charge in [0.2, 0.25) is 0 Å². The number of nitrogens with zero attached hydrogens (tertiary/aromatic N) is 2. The number of rotatable bonds is 4. The first-order valence-corrected chi connectivity index (χ1v) is 11.1. The van der Waals surface area contributed by atoms with Gasteiger partial charge in [-0.15, -0.1) is 0 Å². The predicted molar refractivity (Wildman–Crippen MR) is 109 cm³/mol. The van der Waals surface area contributed by atoms with Crippen molar-refractivity contribution in [2.75, 3.05) is 24.4 Å². The maximum atomic E-state index is 13.2. The molecule has 0 radical (unpaired) electrons. The molecule has 7 heteroatoms. The average molecular weight is 400 g/mol. The van der Waals surface area contributed by atoms with Gasteiger partial charge in [-0.05, 0) is 56.1 Å². The number of para-hydroxylation sites is 1. The number of hydrogen-bond acceptors (Lipinski definition) is 4. The van der Waals surface area contributed by atoms with Crippen molar-refractivity contribution in [1.82, 2.24) is 10.2 Å². The number of fused-ring (bicyclic) bond motifs is 2. The molecule has 2 bridgehead atoms. The van der Waals surface area contributed by atoms with Crippen LogP contribution in [0.15, 0.2) is 59.5 Å². The minimum Gasteiger partial charge on any atom is -0.331 e. The van der Waals surface area contributed by atoms with Gasteiger partial charge in [-0.1, -0.05) is 24.3 Å². The van der Waals surface area contributed by atoms with E-state index >= 15 is 0 Å². The van der Waals surface area contributed by atoms with Crippen LogP contribution in [-0.2, 0) is 10.0 Å². The summed E-state index contributed by atoms with van der Waals surface area (Å²) in [4.78, 5) is 15.3. The summed E-state index contributed by atoms with van der Waals surface area (Å²) in [6.45, 7) is 1.72. The van der Waals surface area contributed by atoms with Gasteiger partial charge in [0, 0.05) is 31.2 Å². The Balaban J connectivity index is 1.63. The molecule has 2 heterocycles. The van der Waals surface area contributed by atoms with E-state index in [1.165, 1.54) is 17.4 Å². The third-order valence-corrected chi connectivity index (χ3v) is 7.53. The standard InChI is InChI=1S/C21H25N3O3S/c1-23(17-7-3-2-4-8-17)28(26,27)20-9-5-6-16(14-20)21(25)24-18-10-11-19(24)15-22-13-12-18/h2-9,14,18-19,22H,10-13,15H2,1H3. The average Bonchev–Trinajstić information content (AvgIpc) is 3.00. The van der Waals surface area contributed by atoms with Crippen LogP contribution in [0, 0.1) is 0 Å². The first kappa shape index (κ1) is 19.0. The highest BCUT2D eigenvalue weighted by atomic mass is 32.2. The van der Waals surface area contributed by atoms with E-state index in [1.807, 2.05) is 11.0 Å². The van der Waals surface area contributed by atoms with Crippen molar-refractivity contribution < 1.29 is 13.2 Å². The van der Waals surface area contributed by atoms with E-state index in [9.17, 15) is 13.2 Å². The van der Waals surface area contributed by atoms with Gasteiger partial charge < -0.3 is 10.2 Å². The van der Waals surface area contributed by atoms with Crippen LogP contribution >= 0.6 is 0 Å². The highest BCUT2D eigenvalue weighted by molar-refractivity contribution is 7.92. The lowest BCUT2D eigenvalue weighted by Gasteiger charge is -2.28. The topological polar surface area (TPSA) is 69.7 Å². The maximum absolute atomic E-state index is 13.2. The molecule has 2 unspecified atom stereocenters. The quantitative estimate of drug-likeness (QED) is 0.858. The van der Waals surface area contributed by atoms with E-state index in [0.717, 1.165) is 32.4 Å². The van der Waals surface area contributed by atoms with Crippen LogP contribution < -0.4 is 9.62 Å². The molecule has 0 aromatic heterocycles. The van der Waals surface area contributed by atoms with Crippen molar-refractivity contribution in [1.29, 1.82) is 0 Å². The van der Waals surface area contributed by atoms with Gasteiger partial charge in [0.1, 0.15) is 0 Å². The van der Waals surface area contributed by atoms with Crippen LogP contribution in [0.3, 0.4) is 0 Å². The Bertz CT molecular complexity index is 948. The summed E-state index contributed by atoms with van der Waals surface area (Å²) in [5.74, 6) is -0.0735. The third-order valence-electron chi connectivity index (χ3n) is 5.75. The molecule has 2 atom stereocenters. The molecule has 0 spiro atoms. The second-order valence-electron chi connectivity index (χ2n) is 7.43. The van der Waals surface area contributed by atoms with Crippen molar-refractivity contribution in [2.24, 2.45) is 0 Å². The molecule has 148 valence electrons. The van der Waals surface area contributed by atoms with Crippen molar-refractivity contribution in [3.05, 3.63) is 60.2 Å². The number of amides is 1. The highest BCUT2D eigenvalue weighted by Gasteiger charge is 2.38. The zero-order valence-electron chi connectivity index (χ0n) is 15.9. The van der Waals surface area contributed by atoms with Crippen LogP contribution in [0.5, 0.6) is 0 Å². The first-order valence-electron chi connectivity index (χ1n) is 9.66. The lowest BCUT2D eigenvalue weighted by atomic mass is 10.1. The summed E-state index contributed by atoms with van der Waals surface area (Å²) in [7, 11) is -2.22. The van der Waals surface area contributed by atoms with Crippen LogP contribution in [-0.4, -0.2) is 51.4 Å². The Hall–Kier alpha value is -2.38. The molecule has 0 saturated carbocycles. The minimum absolute atomic E-state index is 0.0735. The number of nitrogens with one attached hydrogen (secondary N) is 1. The fourth-order valence-corrected chi connectivity index (χ4v) is 5.43. The molecule has 1 N–H and O–H groups in total. The summed E-state index contributed by atoms with van der Waals surface area (Å²) < 4.78 is 27.4. The van der Waals surface area contributed by atoms with Crippen molar-refractivity contribution >= 4 is 21.6 Å². The van der Waals surface area contributed by atoms with E-state index in [2.05, 4.69) is 5.32 Å². The van der Waals surface area contributed by atoms with Crippen molar-refractivity contribution in [3.63, 3.8) is 0 Å². The Morgan fingerprint density at radius 3 is 2.57 bits per heavy atom. The van der Waals surface area contributed by atoms with Crippen molar-refractivity contribution in [3.8, 4) is 0 Å². The summed E-state index contributed by atoms with van der Waals surface area (Å²) >= 11 is 0. The molecule has 28 heavy (non-hydrogen) atoms. The molecular formula is C21H25N3O3S. The van der Waals surface area contributed by atoms with E-state index in [-0.39, 0.29) is 22.9 Å². The molecule has 2 aliphatic rings. The molecular weight excluding hydrogens is 374 g/mol. The molecule has 2 aromatic carbocycles. The monoisotopic (exact) mass is 399 g/mol. The second-order valence-corrected chi connectivity index (χ2v) is 9.40.